The normalized spacial score (nSPS) is 19.4. The van der Waals surface area contributed by atoms with Crippen molar-refractivity contribution in [3.05, 3.63) is 18.0 Å². The van der Waals surface area contributed by atoms with Crippen molar-refractivity contribution >= 4 is 5.95 Å². The molecule has 1 N–H and O–H groups in total. The summed E-state index contributed by atoms with van der Waals surface area (Å²) in [6, 6.07) is 0. The molecule has 0 saturated carbocycles. The third-order valence-corrected chi connectivity index (χ3v) is 3.37. The topological polar surface area (TPSA) is 41.1 Å². The van der Waals surface area contributed by atoms with E-state index in [2.05, 4.69) is 41.1 Å². The molecule has 18 heavy (non-hydrogen) atoms. The molecule has 1 aliphatic heterocycles. The maximum atomic E-state index is 4.47. The van der Waals surface area contributed by atoms with Crippen LogP contribution in [0.1, 0.15) is 25.8 Å². The van der Waals surface area contributed by atoms with Crippen LogP contribution in [0.3, 0.4) is 0 Å². The SMILES string of the molecule is CC(C)Cc1cnc(N(C)CC2CCNC2)nc1. The molecule has 1 unspecified atom stereocenters. The monoisotopic (exact) mass is 248 g/mol. The summed E-state index contributed by atoms with van der Waals surface area (Å²) in [5.41, 5.74) is 1.23. The van der Waals surface area contributed by atoms with Gasteiger partial charge >= 0.3 is 0 Å². The predicted molar refractivity (Wildman–Crippen MR) is 74.8 cm³/mol. The molecule has 1 aromatic heterocycles. The first-order valence-electron chi connectivity index (χ1n) is 6.88. The fourth-order valence-electron chi connectivity index (χ4n) is 2.46. The molecule has 1 atom stereocenters. The molecule has 0 spiro atoms. The molecule has 0 radical (unpaired) electrons. The lowest BCUT2D eigenvalue weighted by molar-refractivity contribution is 0.572. The van der Waals surface area contributed by atoms with E-state index in [1.54, 1.807) is 0 Å². The van der Waals surface area contributed by atoms with E-state index in [9.17, 15) is 0 Å². The number of nitrogens with one attached hydrogen (secondary N) is 1. The van der Waals surface area contributed by atoms with Crippen LogP contribution in [0.2, 0.25) is 0 Å². The summed E-state index contributed by atoms with van der Waals surface area (Å²) in [5, 5.41) is 3.39. The minimum Gasteiger partial charge on any atom is -0.344 e. The van der Waals surface area contributed by atoms with Gasteiger partial charge in [0.1, 0.15) is 0 Å². The third kappa shape index (κ3) is 3.67. The van der Waals surface area contributed by atoms with Gasteiger partial charge in [0.2, 0.25) is 5.95 Å². The van der Waals surface area contributed by atoms with Gasteiger partial charge in [-0.2, -0.15) is 0 Å². The number of aromatic nitrogens is 2. The fraction of sp³-hybridized carbons (Fsp3) is 0.714. The molecule has 1 fully saturated rings. The average Bonchev–Trinajstić information content (AvgIpc) is 2.82. The quantitative estimate of drug-likeness (QED) is 0.861. The highest BCUT2D eigenvalue weighted by molar-refractivity contribution is 5.28. The Labute approximate surface area is 110 Å². The largest absolute Gasteiger partial charge is 0.344 e. The van der Waals surface area contributed by atoms with E-state index in [1.165, 1.54) is 12.0 Å². The summed E-state index contributed by atoms with van der Waals surface area (Å²) in [6.45, 7) is 7.74. The molecule has 0 bridgehead atoms. The maximum absolute atomic E-state index is 4.47. The molecule has 4 nitrogen and oxygen atoms in total. The van der Waals surface area contributed by atoms with Crippen molar-refractivity contribution in [3.63, 3.8) is 0 Å². The molecule has 4 heteroatoms. The molecule has 0 aromatic carbocycles. The Hall–Kier alpha value is -1.16. The molecule has 100 valence electrons. The predicted octanol–water partition coefficient (Wildman–Crippen LogP) is 1.72. The zero-order valence-electron chi connectivity index (χ0n) is 11.7. The van der Waals surface area contributed by atoms with Crippen molar-refractivity contribution < 1.29 is 0 Å². The van der Waals surface area contributed by atoms with Crippen LogP contribution in [-0.2, 0) is 6.42 Å². The van der Waals surface area contributed by atoms with E-state index < -0.39 is 0 Å². The van der Waals surface area contributed by atoms with Crippen molar-refractivity contribution in [1.29, 1.82) is 0 Å². The summed E-state index contributed by atoms with van der Waals surface area (Å²) >= 11 is 0. The van der Waals surface area contributed by atoms with Crippen molar-refractivity contribution in [2.24, 2.45) is 11.8 Å². The standard InChI is InChI=1S/C14H24N4/c1-11(2)6-13-8-16-14(17-9-13)18(3)10-12-4-5-15-7-12/h8-9,11-12,15H,4-7,10H2,1-3H3. The second-order valence-corrected chi connectivity index (χ2v) is 5.73. The number of hydrogen-bond donors (Lipinski definition) is 1. The van der Waals surface area contributed by atoms with Crippen LogP contribution in [0.25, 0.3) is 0 Å². The number of nitrogens with zero attached hydrogens (tertiary/aromatic N) is 3. The lowest BCUT2D eigenvalue weighted by atomic mass is 10.1. The molecule has 0 aliphatic carbocycles. The van der Waals surface area contributed by atoms with Crippen molar-refractivity contribution in [2.75, 3.05) is 31.6 Å². The van der Waals surface area contributed by atoms with Gasteiger partial charge in [-0.3, -0.25) is 0 Å². The van der Waals surface area contributed by atoms with Crippen LogP contribution in [0.15, 0.2) is 12.4 Å². The van der Waals surface area contributed by atoms with Gasteiger partial charge in [-0.05, 0) is 43.3 Å². The Balaban J connectivity index is 1.91. The van der Waals surface area contributed by atoms with Crippen LogP contribution in [0, 0.1) is 11.8 Å². The number of rotatable bonds is 5. The first kappa shape index (κ1) is 13.3. The molecule has 1 aliphatic rings. The second-order valence-electron chi connectivity index (χ2n) is 5.73. The van der Waals surface area contributed by atoms with Crippen LogP contribution in [-0.4, -0.2) is 36.6 Å². The first-order chi connectivity index (χ1) is 8.65. The zero-order valence-corrected chi connectivity index (χ0v) is 11.7. The maximum Gasteiger partial charge on any atom is 0.225 e. The molecular weight excluding hydrogens is 224 g/mol. The minimum absolute atomic E-state index is 0.654. The third-order valence-electron chi connectivity index (χ3n) is 3.37. The van der Waals surface area contributed by atoms with E-state index in [4.69, 9.17) is 0 Å². The molecule has 2 rings (SSSR count). The van der Waals surface area contributed by atoms with Crippen molar-refractivity contribution in [3.8, 4) is 0 Å². The van der Waals surface area contributed by atoms with Crippen LogP contribution >= 0.6 is 0 Å². The van der Waals surface area contributed by atoms with Crippen molar-refractivity contribution in [2.45, 2.75) is 26.7 Å². The minimum atomic E-state index is 0.654. The van der Waals surface area contributed by atoms with Crippen molar-refractivity contribution in [1.82, 2.24) is 15.3 Å². The Bertz CT molecular complexity index is 355. The Morgan fingerprint density at radius 3 is 2.67 bits per heavy atom. The molecular formula is C14H24N4. The molecule has 1 saturated heterocycles. The van der Waals surface area contributed by atoms with Gasteiger partial charge in [0, 0.05) is 26.0 Å². The van der Waals surface area contributed by atoms with Gasteiger partial charge in [0.05, 0.1) is 0 Å². The van der Waals surface area contributed by atoms with E-state index in [0.717, 1.165) is 37.9 Å². The highest BCUT2D eigenvalue weighted by atomic mass is 15.2. The lowest BCUT2D eigenvalue weighted by Crippen LogP contribution is -2.28. The average molecular weight is 248 g/mol. The summed E-state index contributed by atoms with van der Waals surface area (Å²) in [7, 11) is 2.08. The van der Waals surface area contributed by atoms with E-state index in [1.807, 2.05) is 12.4 Å². The Kier molecular flexibility index (Phi) is 4.53. The van der Waals surface area contributed by atoms with Gasteiger partial charge in [-0.15, -0.1) is 0 Å². The van der Waals surface area contributed by atoms with Gasteiger partial charge < -0.3 is 10.2 Å². The zero-order chi connectivity index (χ0) is 13.0. The number of hydrogen-bond acceptors (Lipinski definition) is 4. The molecule has 2 heterocycles. The summed E-state index contributed by atoms with van der Waals surface area (Å²) in [4.78, 5) is 11.1. The summed E-state index contributed by atoms with van der Waals surface area (Å²) in [6.07, 6.45) is 6.24. The van der Waals surface area contributed by atoms with Crippen LogP contribution in [0.5, 0.6) is 0 Å². The molecule has 0 amide bonds. The van der Waals surface area contributed by atoms with E-state index in [-0.39, 0.29) is 0 Å². The Morgan fingerprint density at radius 1 is 1.39 bits per heavy atom. The number of anilines is 1. The second kappa shape index (κ2) is 6.14. The smallest absolute Gasteiger partial charge is 0.225 e. The summed E-state index contributed by atoms with van der Waals surface area (Å²) in [5.74, 6) is 2.23. The highest BCUT2D eigenvalue weighted by Crippen LogP contribution is 2.13. The highest BCUT2D eigenvalue weighted by Gasteiger charge is 2.17. The lowest BCUT2D eigenvalue weighted by Gasteiger charge is -2.20. The first-order valence-corrected chi connectivity index (χ1v) is 6.88. The Morgan fingerprint density at radius 2 is 2.11 bits per heavy atom. The van der Waals surface area contributed by atoms with Gasteiger partial charge in [0.25, 0.3) is 0 Å². The van der Waals surface area contributed by atoms with Gasteiger partial charge in [0.15, 0.2) is 0 Å². The van der Waals surface area contributed by atoms with Gasteiger partial charge in [-0.25, -0.2) is 9.97 Å². The molecule has 1 aromatic rings. The van der Waals surface area contributed by atoms with Crippen LogP contribution in [0.4, 0.5) is 5.95 Å². The fourth-order valence-corrected chi connectivity index (χ4v) is 2.46. The summed E-state index contributed by atoms with van der Waals surface area (Å²) < 4.78 is 0. The van der Waals surface area contributed by atoms with Gasteiger partial charge in [-0.1, -0.05) is 13.8 Å². The van der Waals surface area contributed by atoms with E-state index >= 15 is 0 Å². The van der Waals surface area contributed by atoms with E-state index in [0.29, 0.717) is 5.92 Å². The van der Waals surface area contributed by atoms with Crippen LogP contribution < -0.4 is 10.2 Å².